The third-order valence-corrected chi connectivity index (χ3v) is 3.72. The van der Waals surface area contributed by atoms with Crippen molar-refractivity contribution in [2.75, 3.05) is 19.8 Å². The van der Waals surface area contributed by atoms with E-state index in [1.165, 1.54) is 0 Å². The molecule has 7 nitrogen and oxygen atoms in total. The van der Waals surface area contributed by atoms with E-state index in [-0.39, 0.29) is 31.7 Å². The van der Waals surface area contributed by atoms with Gasteiger partial charge in [-0.2, -0.15) is 12.7 Å². The first-order valence-electron chi connectivity index (χ1n) is 5.16. The molecule has 0 spiro atoms. The van der Waals surface area contributed by atoms with Crippen LogP contribution in [-0.2, 0) is 19.7 Å². The molecule has 1 saturated heterocycles. The third kappa shape index (κ3) is 2.70. The summed E-state index contributed by atoms with van der Waals surface area (Å²) >= 11 is 0. The molecule has 2 rings (SSSR count). The van der Waals surface area contributed by atoms with E-state index in [0.717, 1.165) is 17.1 Å². The van der Waals surface area contributed by atoms with Crippen LogP contribution in [0.15, 0.2) is 0 Å². The van der Waals surface area contributed by atoms with Crippen LogP contribution in [0.5, 0.6) is 0 Å². The van der Waals surface area contributed by atoms with Gasteiger partial charge in [-0.15, -0.1) is 0 Å². The van der Waals surface area contributed by atoms with Gasteiger partial charge < -0.3 is 10.1 Å². The molecule has 0 aromatic rings. The summed E-state index contributed by atoms with van der Waals surface area (Å²) in [7, 11) is -3.84. The number of rotatable bonds is 3. The maximum Gasteiger partial charge on any atom is 0.277 e. The molecule has 1 amide bonds. The van der Waals surface area contributed by atoms with E-state index in [0.29, 0.717) is 0 Å². The fraction of sp³-hybridized carbons (Fsp3) is 0.875. The fourth-order valence-electron chi connectivity index (χ4n) is 1.62. The summed E-state index contributed by atoms with van der Waals surface area (Å²) in [6.07, 6.45) is 1.91. The summed E-state index contributed by atoms with van der Waals surface area (Å²) in [6.45, 7) is 0.459. The van der Waals surface area contributed by atoms with E-state index in [1.54, 1.807) is 0 Å². The topological polar surface area (TPSA) is 102 Å². The fourth-order valence-corrected chi connectivity index (χ4v) is 2.46. The Kier molecular flexibility index (Phi) is 3.15. The van der Waals surface area contributed by atoms with E-state index >= 15 is 0 Å². The Morgan fingerprint density at radius 1 is 1.44 bits per heavy atom. The molecule has 8 heteroatoms. The third-order valence-electron chi connectivity index (χ3n) is 2.63. The van der Waals surface area contributed by atoms with Crippen LogP contribution < -0.4 is 10.5 Å². The van der Waals surface area contributed by atoms with Crippen LogP contribution >= 0.6 is 0 Å². The molecule has 16 heavy (non-hydrogen) atoms. The number of hydrogen-bond acceptors (Lipinski definition) is 4. The number of nitrogens with two attached hydrogens (primary N) is 1. The van der Waals surface area contributed by atoms with Crippen molar-refractivity contribution in [3.63, 3.8) is 0 Å². The molecule has 1 unspecified atom stereocenters. The van der Waals surface area contributed by atoms with Gasteiger partial charge in [-0.3, -0.25) is 4.79 Å². The summed E-state index contributed by atoms with van der Waals surface area (Å²) in [5, 5.41) is 7.79. The maximum atomic E-state index is 11.8. The number of nitrogens with zero attached hydrogens (tertiary/aromatic N) is 1. The molecule has 92 valence electrons. The van der Waals surface area contributed by atoms with E-state index in [1.807, 2.05) is 0 Å². The highest BCUT2D eigenvalue weighted by Crippen LogP contribution is 2.20. The Balaban J connectivity index is 2.06. The van der Waals surface area contributed by atoms with Crippen molar-refractivity contribution in [3.8, 4) is 0 Å². The lowest BCUT2D eigenvalue weighted by Crippen LogP contribution is -2.57. The van der Waals surface area contributed by atoms with Crippen molar-refractivity contribution in [1.82, 2.24) is 9.62 Å². The molecular formula is C8H15N3O4S. The Labute approximate surface area is 94.1 Å². The van der Waals surface area contributed by atoms with Crippen molar-refractivity contribution in [2.24, 2.45) is 5.14 Å². The first-order valence-corrected chi connectivity index (χ1v) is 6.66. The van der Waals surface area contributed by atoms with Crippen LogP contribution in [0.2, 0.25) is 0 Å². The first kappa shape index (κ1) is 11.8. The molecule has 2 fully saturated rings. The predicted molar refractivity (Wildman–Crippen MR) is 55.6 cm³/mol. The van der Waals surface area contributed by atoms with Gasteiger partial charge in [0.15, 0.2) is 0 Å². The predicted octanol–water partition coefficient (Wildman–Crippen LogP) is -1.83. The number of nitrogens with one attached hydrogen (secondary N) is 1. The van der Waals surface area contributed by atoms with Gasteiger partial charge in [0.25, 0.3) is 10.2 Å². The van der Waals surface area contributed by atoms with Gasteiger partial charge in [-0.25, -0.2) is 5.14 Å². The Hall–Kier alpha value is -0.700. The summed E-state index contributed by atoms with van der Waals surface area (Å²) in [5.41, 5.74) is 0. The van der Waals surface area contributed by atoms with E-state index in [2.05, 4.69) is 5.32 Å². The zero-order valence-corrected chi connectivity index (χ0v) is 9.57. The van der Waals surface area contributed by atoms with Gasteiger partial charge >= 0.3 is 0 Å². The minimum atomic E-state index is -3.84. The van der Waals surface area contributed by atoms with Gasteiger partial charge in [0.1, 0.15) is 6.04 Å². The number of amides is 1. The second-order valence-electron chi connectivity index (χ2n) is 4.03. The van der Waals surface area contributed by atoms with E-state index < -0.39 is 16.3 Å². The summed E-state index contributed by atoms with van der Waals surface area (Å²) < 4.78 is 28.6. The Bertz CT molecular complexity index is 379. The van der Waals surface area contributed by atoms with Gasteiger partial charge in [0.05, 0.1) is 13.2 Å². The SMILES string of the molecule is NS(=O)(=O)N1CCOCC1C(=O)NC1CC1. The lowest BCUT2D eigenvalue weighted by Gasteiger charge is -2.31. The van der Waals surface area contributed by atoms with Crippen molar-refractivity contribution < 1.29 is 17.9 Å². The minimum absolute atomic E-state index is 0.0645. The van der Waals surface area contributed by atoms with Crippen molar-refractivity contribution in [1.29, 1.82) is 0 Å². The average Bonchev–Trinajstić information content (AvgIpc) is 3.00. The second kappa shape index (κ2) is 4.28. The van der Waals surface area contributed by atoms with Crippen LogP contribution in [0, 0.1) is 0 Å². The molecule has 1 heterocycles. The molecule has 0 aromatic carbocycles. The van der Waals surface area contributed by atoms with Crippen molar-refractivity contribution >= 4 is 16.1 Å². The summed E-state index contributed by atoms with van der Waals surface area (Å²) in [4.78, 5) is 11.8. The van der Waals surface area contributed by atoms with E-state index in [4.69, 9.17) is 9.88 Å². The molecular weight excluding hydrogens is 234 g/mol. The minimum Gasteiger partial charge on any atom is -0.378 e. The molecule has 1 atom stereocenters. The Morgan fingerprint density at radius 3 is 2.69 bits per heavy atom. The van der Waals surface area contributed by atoms with Crippen molar-refractivity contribution in [2.45, 2.75) is 24.9 Å². The molecule has 3 N–H and O–H groups in total. The largest absolute Gasteiger partial charge is 0.378 e. The number of morpholine rings is 1. The van der Waals surface area contributed by atoms with Gasteiger partial charge in [0, 0.05) is 12.6 Å². The molecule has 1 aliphatic heterocycles. The van der Waals surface area contributed by atoms with Crippen LogP contribution in [0.1, 0.15) is 12.8 Å². The number of carbonyl (C=O) groups is 1. The molecule has 0 bridgehead atoms. The smallest absolute Gasteiger partial charge is 0.277 e. The summed E-state index contributed by atoms with van der Waals surface area (Å²) in [6, 6.07) is -0.638. The zero-order valence-electron chi connectivity index (χ0n) is 8.76. The van der Waals surface area contributed by atoms with Gasteiger partial charge in [-0.05, 0) is 12.8 Å². The van der Waals surface area contributed by atoms with E-state index in [9.17, 15) is 13.2 Å². The number of carbonyl (C=O) groups excluding carboxylic acids is 1. The highest BCUT2D eigenvalue weighted by molar-refractivity contribution is 7.86. The highest BCUT2D eigenvalue weighted by Gasteiger charge is 2.37. The normalized spacial score (nSPS) is 27.7. The molecule has 0 aromatic heterocycles. The molecule has 1 saturated carbocycles. The van der Waals surface area contributed by atoms with Gasteiger partial charge in [-0.1, -0.05) is 0 Å². The lowest BCUT2D eigenvalue weighted by atomic mass is 10.2. The van der Waals surface area contributed by atoms with Crippen molar-refractivity contribution in [3.05, 3.63) is 0 Å². The maximum absolute atomic E-state index is 11.8. The van der Waals surface area contributed by atoms with Crippen LogP contribution in [0.4, 0.5) is 0 Å². The van der Waals surface area contributed by atoms with Crippen LogP contribution in [0.3, 0.4) is 0 Å². The Morgan fingerprint density at radius 2 is 2.12 bits per heavy atom. The molecule has 0 radical (unpaired) electrons. The van der Waals surface area contributed by atoms with Gasteiger partial charge in [0.2, 0.25) is 5.91 Å². The van der Waals surface area contributed by atoms with Crippen LogP contribution in [0.25, 0.3) is 0 Å². The van der Waals surface area contributed by atoms with Crippen LogP contribution in [-0.4, -0.2) is 50.5 Å². The standard InChI is InChI=1S/C8H15N3O4S/c9-16(13,14)11-3-4-15-5-7(11)8(12)10-6-1-2-6/h6-7H,1-5H2,(H,10,12)(H2,9,13,14). The first-order chi connectivity index (χ1) is 7.48. The monoisotopic (exact) mass is 249 g/mol. The summed E-state index contributed by atoms with van der Waals surface area (Å²) in [5.74, 6) is -0.323. The quantitative estimate of drug-likeness (QED) is 0.614. The molecule has 2 aliphatic rings. The number of hydrogen-bond donors (Lipinski definition) is 2. The lowest BCUT2D eigenvalue weighted by molar-refractivity contribution is -0.129. The number of ether oxygens (including phenoxy) is 1. The second-order valence-corrected chi connectivity index (χ2v) is 5.53. The molecule has 1 aliphatic carbocycles. The highest BCUT2D eigenvalue weighted by atomic mass is 32.2. The average molecular weight is 249 g/mol. The zero-order chi connectivity index (χ0) is 11.8.